The maximum absolute atomic E-state index is 12.5. The highest BCUT2D eigenvalue weighted by molar-refractivity contribution is 5.80. The molecule has 1 unspecified atom stereocenters. The molecule has 0 heterocycles. The molecule has 0 fully saturated rings. The Bertz CT molecular complexity index is 929. The van der Waals surface area contributed by atoms with Gasteiger partial charge in [0.15, 0.2) is 0 Å². The van der Waals surface area contributed by atoms with Gasteiger partial charge in [0.05, 0.1) is 6.42 Å². The van der Waals surface area contributed by atoms with Crippen LogP contribution in [-0.2, 0) is 14.3 Å². The van der Waals surface area contributed by atoms with Crippen molar-refractivity contribution in [1.82, 2.24) is 10.6 Å². The number of carbonyl (C=O) groups excluding carboxylic acids is 2. The Balaban J connectivity index is 1.57. The summed E-state index contributed by atoms with van der Waals surface area (Å²) < 4.78 is 5.57. The maximum Gasteiger partial charge on any atom is 0.407 e. The molecule has 3 N–H and O–H groups in total. The van der Waals surface area contributed by atoms with Crippen LogP contribution < -0.4 is 10.6 Å². The highest BCUT2D eigenvalue weighted by atomic mass is 16.5. The van der Waals surface area contributed by atoms with Crippen molar-refractivity contribution in [3.8, 4) is 11.1 Å². The van der Waals surface area contributed by atoms with Crippen LogP contribution in [0.4, 0.5) is 4.79 Å². The summed E-state index contributed by atoms with van der Waals surface area (Å²) in [5.41, 5.74) is 4.60. The molecule has 1 aliphatic carbocycles. The minimum atomic E-state index is -0.973. The van der Waals surface area contributed by atoms with Crippen molar-refractivity contribution < 1.29 is 24.2 Å². The first-order valence-electron chi connectivity index (χ1n) is 11.0. The summed E-state index contributed by atoms with van der Waals surface area (Å²) >= 11 is 0. The number of rotatable bonds is 10. The van der Waals surface area contributed by atoms with Gasteiger partial charge in [0.2, 0.25) is 5.91 Å². The van der Waals surface area contributed by atoms with Gasteiger partial charge < -0.3 is 20.5 Å². The fourth-order valence-corrected chi connectivity index (χ4v) is 4.25. The Labute approximate surface area is 188 Å². The largest absolute Gasteiger partial charge is 0.481 e. The maximum atomic E-state index is 12.5. The van der Waals surface area contributed by atoms with E-state index in [4.69, 9.17) is 9.84 Å². The Morgan fingerprint density at radius 3 is 2.12 bits per heavy atom. The van der Waals surface area contributed by atoms with E-state index in [1.165, 1.54) is 0 Å². The molecular formula is C25H30N2O5. The number of carboxylic acids is 1. The van der Waals surface area contributed by atoms with Crippen molar-refractivity contribution in [3.63, 3.8) is 0 Å². The van der Waals surface area contributed by atoms with Gasteiger partial charge in [0.25, 0.3) is 0 Å². The van der Waals surface area contributed by atoms with Crippen molar-refractivity contribution in [1.29, 1.82) is 0 Å². The molecule has 0 aliphatic heterocycles. The summed E-state index contributed by atoms with van der Waals surface area (Å²) in [6.45, 7) is 3.82. The van der Waals surface area contributed by atoms with Crippen molar-refractivity contribution in [2.45, 2.75) is 57.5 Å². The molecule has 170 valence electrons. The topological polar surface area (TPSA) is 105 Å². The first-order chi connectivity index (χ1) is 15.4. The lowest BCUT2D eigenvalue weighted by molar-refractivity contribution is -0.137. The van der Waals surface area contributed by atoms with Gasteiger partial charge in [-0.2, -0.15) is 0 Å². The molecular weight excluding hydrogens is 408 g/mol. The molecule has 32 heavy (non-hydrogen) atoms. The number of nitrogens with one attached hydrogen (secondary N) is 2. The summed E-state index contributed by atoms with van der Waals surface area (Å²) in [4.78, 5) is 35.5. The molecule has 1 aliphatic rings. The Morgan fingerprint density at radius 2 is 1.56 bits per heavy atom. The fraction of sp³-hybridized carbons (Fsp3) is 0.400. The van der Waals surface area contributed by atoms with E-state index in [9.17, 15) is 14.4 Å². The minimum absolute atomic E-state index is 0.0297. The second-order valence-electron chi connectivity index (χ2n) is 8.23. The highest BCUT2D eigenvalue weighted by Gasteiger charge is 2.29. The Kier molecular flexibility index (Phi) is 7.87. The molecule has 0 saturated heterocycles. The first kappa shape index (κ1) is 23.3. The van der Waals surface area contributed by atoms with E-state index in [1.54, 1.807) is 6.92 Å². The van der Waals surface area contributed by atoms with E-state index in [1.807, 2.05) is 31.2 Å². The predicted octanol–water partition coefficient (Wildman–Crippen LogP) is 4.06. The van der Waals surface area contributed by atoms with Crippen LogP contribution in [0.3, 0.4) is 0 Å². The molecule has 0 bridgehead atoms. The van der Waals surface area contributed by atoms with Gasteiger partial charge >= 0.3 is 12.1 Å². The standard InChI is InChI=1S/C25H30N2O5/c1-3-8-17(14-23(28)26-16(2)13-24(29)30)27-25(31)32-15-22-20-11-6-4-9-18(20)19-10-5-7-12-21(19)22/h4-7,9-12,16-17,22H,3,8,13-15H2,1-2H3,(H,26,28)(H,27,31)(H,29,30)/t16?,17-/m1/s1. The quantitative estimate of drug-likeness (QED) is 0.519. The number of amides is 2. The monoisotopic (exact) mass is 438 g/mol. The molecule has 2 aromatic carbocycles. The fourth-order valence-electron chi connectivity index (χ4n) is 4.25. The van der Waals surface area contributed by atoms with Crippen LogP contribution in [0.15, 0.2) is 48.5 Å². The van der Waals surface area contributed by atoms with E-state index < -0.39 is 18.1 Å². The number of hydrogen-bond acceptors (Lipinski definition) is 4. The van der Waals surface area contributed by atoms with E-state index >= 15 is 0 Å². The number of fused-ring (bicyclic) bond motifs is 3. The number of benzene rings is 2. The van der Waals surface area contributed by atoms with Crippen LogP contribution in [0.1, 0.15) is 56.6 Å². The van der Waals surface area contributed by atoms with E-state index in [0.717, 1.165) is 28.7 Å². The van der Waals surface area contributed by atoms with Gasteiger partial charge in [0.1, 0.15) is 6.61 Å². The molecule has 0 aromatic heterocycles. The van der Waals surface area contributed by atoms with Crippen LogP contribution in [0.2, 0.25) is 0 Å². The SMILES string of the molecule is CCC[C@H](CC(=O)NC(C)CC(=O)O)NC(=O)OCC1c2ccccc2-c2ccccc21. The van der Waals surface area contributed by atoms with Crippen molar-refractivity contribution in [2.24, 2.45) is 0 Å². The Hall–Kier alpha value is -3.35. The lowest BCUT2D eigenvalue weighted by Crippen LogP contribution is -2.42. The lowest BCUT2D eigenvalue weighted by atomic mass is 9.98. The van der Waals surface area contributed by atoms with Gasteiger partial charge in [-0.05, 0) is 35.6 Å². The van der Waals surface area contributed by atoms with Crippen LogP contribution in [0, 0.1) is 0 Å². The highest BCUT2D eigenvalue weighted by Crippen LogP contribution is 2.44. The van der Waals surface area contributed by atoms with Crippen molar-refractivity contribution in [3.05, 3.63) is 59.7 Å². The minimum Gasteiger partial charge on any atom is -0.481 e. The van der Waals surface area contributed by atoms with Gasteiger partial charge in [-0.1, -0.05) is 61.9 Å². The zero-order valence-electron chi connectivity index (χ0n) is 18.5. The molecule has 0 saturated carbocycles. The molecule has 2 aromatic rings. The number of ether oxygens (including phenoxy) is 1. The summed E-state index contributed by atoms with van der Waals surface area (Å²) in [6.07, 6.45) is 0.764. The smallest absolute Gasteiger partial charge is 0.407 e. The number of aliphatic carboxylic acids is 1. The average molecular weight is 439 g/mol. The summed E-state index contributed by atoms with van der Waals surface area (Å²) in [6, 6.07) is 15.4. The zero-order valence-corrected chi connectivity index (χ0v) is 18.5. The van der Waals surface area contributed by atoms with Crippen LogP contribution in [0.5, 0.6) is 0 Å². The molecule has 7 heteroatoms. The van der Waals surface area contributed by atoms with E-state index in [2.05, 4.69) is 34.9 Å². The van der Waals surface area contributed by atoms with E-state index in [0.29, 0.717) is 6.42 Å². The van der Waals surface area contributed by atoms with Crippen molar-refractivity contribution >= 4 is 18.0 Å². The zero-order chi connectivity index (χ0) is 23.1. The first-order valence-corrected chi connectivity index (χ1v) is 11.0. The number of carboxylic acid groups (broad SMARTS) is 1. The third-order valence-corrected chi connectivity index (χ3v) is 5.62. The number of carbonyl (C=O) groups is 3. The molecule has 2 atom stereocenters. The third-order valence-electron chi connectivity index (χ3n) is 5.62. The summed E-state index contributed by atoms with van der Waals surface area (Å²) in [5.74, 6) is -1.30. The molecule has 3 rings (SSSR count). The van der Waals surface area contributed by atoms with Crippen LogP contribution >= 0.6 is 0 Å². The molecule has 0 spiro atoms. The predicted molar refractivity (Wildman–Crippen MR) is 121 cm³/mol. The van der Waals surface area contributed by atoms with Gasteiger partial charge in [0, 0.05) is 24.4 Å². The number of alkyl carbamates (subject to hydrolysis) is 1. The molecule has 7 nitrogen and oxygen atoms in total. The number of hydrogen-bond donors (Lipinski definition) is 3. The Morgan fingerprint density at radius 1 is 0.969 bits per heavy atom. The second-order valence-corrected chi connectivity index (χ2v) is 8.23. The van der Waals surface area contributed by atoms with Gasteiger partial charge in [-0.15, -0.1) is 0 Å². The van der Waals surface area contributed by atoms with E-state index in [-0.39, 0.29) is 37.3 Å². The van der Waals surface area contributed by atoms with Gasteiger partial charge in [-0.25, -0.2) is 4.79 Å². The molecule has 0 radical (unpaired) electrons. The van der Waals surface area contributed by atoms with Crippen LogP contribution in [-0.4, -0.2) is 41.8 Å². The second kappa shape index (κ2) is 10.8. The lowest BCUT2D eigenvalue weighted by Gasteiger charge is -2.20. The average Bonchev–Trinajstić information content (AvgIpc) is 3.05. The van der Waals surface area contributed by atoms with Crippen LogP contribution in [0.25, 0.3) is 11.1 Å². The van der Waals surface area contributed by atoms with Crippen molar-refractivity contribution in [2.75, 3.05) is 6.61 Å². The summed E-state index contributed by atoms with van der Waals surface area (Å²) in [7, 11) is 0. The summed E-state index contributed by atoms with van der Waals surface area (Å²) in [5, 5.41) is 14.3. The normalized spacial score (nSPS) is 14.1. The van der Waals surface area contributed by atoms with Gasteiger partial charge in [-0.3, -0.25) is 9.59 Å². The molecule has 2 amide bonds. The third kappa shape index (κ3) is 5.87.